The van der Waals surface area contributed by atoms with E-state index in [0.29, 0.717) is 36.0 Å². The monoisotopic (exact) mass is 450 g/mol. The Hall–Kier alpha value is -3.08. The smallest absolute Gasteiger partial charge is 0.343 e. The van der Waals surface area contributed by atoms with Crippen molar-refractivity contribution in [2.75, 3.05) is 13.2 Å². The van der Waals surface area contributed by atoms with Gasteiger partial charge in [0.15, 0.2) is 0 Å². The highest BCUT2D eigenvalue weighted by molar-refractivity contribution is 5.91. The van der Waals surface area contributed by atoms with Crippen LogP contribution in [0.4, 0.5) is 0 Å². The van der Waals surface area contributed by atoms with Gasteiger partial charge < -0.3 is 14.2 Å². The molecule has 2 aromatic carbocycles. The van der Waals surface area contributed by atoms with E-state index in [-0.39, 0.29) is 6.61 Å². The molecule has 2 aromatic rings. The van der Waals surface area contributed by atoms with E-state index in [4.69, 9.17) is 14.2 Å². The third-order valence-corrected chi connectivity index (χ3v) is 6.16. The van der Waals surface area contributed by atoms with Crippen molar-refractivity contribution in [1.82, 2.24) is 0 Å². The summed E-state index contributed by atoms with van der Waals surface area (Å²) in [5.41, 5.74) is 1.80. The maximum Gasteiger partial charge on any atom is 0.343 e. The summed E-state index contributed by atoms with van der Waals surface area (Å²) in [4.78, 5) is 23.5. The minimum absolute atomic E-state index is 0.272. The Morgan fingerprint density at radius 3 is 2.24 bits per heavy atom. The lowest BCUT2D eigenvalue weighted by Crippen LogP contribution is -2.13. The van der Waals surface area contributed by atoms with Crippen molar-refractivity contribution in [1.29, 1.82) is 0 Å². The summed E-state index contributed by atoms with van der Waals surface area (Å²) in [5.74, 6) is 1.86. The van der Waals surface area contributed by atoms with E-state index in [1.807, 2.05) is 12.1 Å². The minimum atomic E-state index is -0.443. The number of rotatable bonds is 11. The van der Waals surface area contributed by atoms with Crippen LogP contribution in [0.15, 0.2) is 61.2 Å². The zero-order valence-corrected chi connectivity index (χ0v) is 19.5. The third-order valence-electron chi connectivity index (χ3n) is 6.16. The Bertz CT molecular complexity index is 893. The molecule has 1 saturated carbocycles. The SMILES string of the molecule is C=CC(=O)OCCCOc1ccc(C(=O)Oc2ccc(C3CCC(CCC)CC3)cc2)cc1. The largest absolute Gasteiger partial charge is 0.493 e. The van der Waals surface area contributed by atoms with Gasteiger partial charge in [-0.3, -0.25) is 0 Å². The molecule has 0 saturated heterocycles. The van der Waals surface area contributed by atoms with E-state index < -0.39 is 11.9 Å². The number of benzene rings is 2. The fraction of sp³-hybridized carbons (Fsp3) is 0.429. The molecule has 1 aliphatic rings. The lowest BCUT2D eigenvalue weighted by atomic mass is 9.77. The number of carbonyl (C=O) groups excluding carboxylic acids is 2. The first-order valence-corrected chi connectivity index (χ1v) is 11.9. The molecule has 0 amide bonds. The Balaban J connectivity index is 1.43. The Morgan fingerprint density at radius 2 is 1.61 bits per heavy atom. The van der Waals surface area contributed by atoms with Gasteiger partial charge >= 0.3 is 11.9 Å². The number of hydrogen-bond acceptors (Lipinski definition) is 5. The van der Waals surface area contributed by atoms with Crippen molar-refractivity contribution in [3.63, 3.8) is 0 Å². The molecule has 0 unspecified atom stereocenters. The van der Waals surface area contributed by atoms with E-state index in [9.17, 15) is 9.59 Å². The van der Waals surface area contributed by atoms with Gasteiger partial charge in [-0.2, -0.15) is 0 Å². The van der Waals surface area contributed by atoms with Crippen LogP contribution in [0.5, 0.6) is 11.5 Å². The maximum absolute atomic E-state index is 12.5. The van der Waals surface area contributed by atoms with Gasteiger partial charge in [0, 0.05) is 12.5 Å². The molecule has 0 aliphatic heterocycles. The highest BCUT2D eigenvalue weighted by atomic mass is 16.5. The number of hydrogen-bond donors (Lipinski definition) is 0. The quantitative estimate of drug-likeness (QED) is 0.170. The number of ether oxygens (including phenoxy) is 3. The zero-order valence-electron chi connectivity index (χ0n) is 19.5. The molecule has 0 heterocycles. The summed E-state index contributed by atoms with van der Waals surface area (Å²) in [6.45, 7) is 6.29. The normalized spacial score (nSPS) is 17.7. The molecule has 1 aliphatic carbocycles. The Labute approximate surface area is 196 Å². The van der Waals surface area contributed by atoms with Crippen molar-refractivity contribution < 1.29 is 23.8 Å². The van der Waals surface area contributed by atoms with E-state index in [2.05, 4.69) is 25.6 Å². The second-order valence-electron chi connectivity index (χ2n) is 8.56. The molecular formula is C28H34O5. The molecule has 3 rings (SSSR count). The number of carbonyl (C=O) groups is 2. The van der Waals surface area contributed by atoms with Crippen LogP contribution in [-0.4, -0.2) is 25.2 Å². The Morgan fingerprint density at radius 1 is 0.939 bits per heavy atom. The molecule has 0 atom stereocenters. The van der Waals surface area contributed by atoms with Crippen molar-refractivity contribution in [3.05, 3.63) is 72.3 Å². The molecule has 33 heavy (non-hydrogen) atoms. The first-order valence-electron chi connectivity index (χ1n) is 11.9. The van der Waals surface area contributed by atoms with Crippen LogP contribution in [0.3, 0.4) is 0 Å². The highest BCUT2D eigenvalue weighted by Crippen LogP contribution is 2.37. The zero-order chi connectivity index (χ0) is 23.5. The van der Waals surface area contributed by atoms with Gasteiger partial charge in [0.05, 0.1) is 18.8 Å². The minimum Gasteiger partial charge on any atom is -0.493 e. The van der Waals surface area contributed by atoms with Gasteiger partial charge in [-0.15, -0.1) is 0 Å². The summed E-state index contributed by atoms with van der Waals surface area (Å²) < 4.78 is 16.0. The molecule has 0 N–H and O–H groups in total. The number of esters is 2. The standard InChI is InChI=1S/C28H34O5/c1-3-6-21-7-9-22(10-8-21)23-11-17-26(18-12-23)33-28(30)24-13-15-25(16-14-24)31-19-5-20-32-27(29)4-2/h4,11-18,21-22H,2-3,5-10,19-20H2,1H3. The van der Waals surface area contributed by atoms with Gasteiger partial charge in [0.2, 0.25) is 0 Å². The average molecular weight is 451 g/mol. The summed E-state index contributed by atoms with van der Waals surface area (Å²) >= 11 is 0. The second-order valence-corrected chi connectivity index (χ2v) is 8.56. The molecule has 0 aromatic heterocycles. The fourth-order valence-electron chi connectivity index (χ4n) is 4.33. The van der Waals surface area contributed by atoms with Crippen LogP contribution < -0.4 is 9.47 Å². The second kappa shape index (κ2) is 12.8. The maximum atomic E-state index is 12.5. The summed E-state index contributed by atoms with van der Waals surface area (Å²) in [7, 11) is 0. The lowest BCUT2D eigenvalue weighted by Gasteiger charge is -2.28. The van der Waals surface area contributed by atoms with Crippen LogP contribution in [0.2, 0.25) is 0 Å². The van der Waals surface area contributed by atoms with Crippen LogP contribution >= 0.6 is 0 Å². The molecule has 0 radical (unpaired) electrons. The van der Waals surface area contributed by atoms with E-state index in [1.165, 1.54) is 44.1 Å². The van der Waals surface area contributed by atoms with Crippen molar-refractivity contribution in [2.45, 2.75) is 57.8 Å². The highest BCUT2D eigenvalue weighted by Gasteiger charge is 2.21. The molecule has 5 nitrogen and oxygen atoms in total. The van der Waals surface area contributed by atoms with Crippen LogP contribution in [0.25, 0.3) is 0 Å². The first kappa shape index (κ1) is 24.6. The third kappa shape index (κ3) is 7.77. The van der Waals surface area contributed by atoms with Crippen molar-refractivity contribution in [3.8, 4) is 11.5 Å². The van der Waals surface area contributed by atoms with Gasteiger partial charge in [-0.05, 0) is 79.5 Å². The van der Waals surface area contributed by atoms with Gasteiger partial charge in [-0.1, -0.05) is 38.5 Å². The van der Waals surface area contributed by atoms with Crippen LogP contribution in [0.1, 0.15) is 73.7 Å². The molecule has 176 valence electrons. The predicted octanol–water partition coefficient (Wildman–Crippen LogP) is 6.48. The van der Waals surface area contributed by atoms with Gasteiger partial charge in [0.25, 0.3) is 0 Å². The molecule has 0 spiro atoms. The van der Waals surface area contributed by atoms with E-state index in [0.717, 1.165) is 12.0 Å². The predicted molar refractivity (Wildman–Crippen MR) is 129 cm³/mol. The van der Waals surface area contributed by atoms with Gasteiger partial charge in [-0.25, -0.2) is 9.59 Å². The average Bonchev–Trinajstić information content (AvgIpc) is 2.85. The Kier molecular flexibility index (Phi) is 9.55. The van der Waals surface area contributed by atoms with E-state index in [1.54, 1.807) is 24.3 Å². The molecular weight excluding hydrogens is 416 g/mol. The summed E-state index contributed by atoms with van der Waals surface area (Å²) in [6.07, 6.45) is 9.46. The fourth-order valence-corrected chi connectivity index (χ4v) is 4.33. The van der Waals surface area contributed by atoms with Crippen LogP contribution in [0, 0.1) is 5.92 Å². The van der Waals surface area contributed by atoms with Crippen molar-refractivity contribution in [2.24, 2.45) is 5.92 Å². The molecule has 5 heteroatoms. The van der Waals surface area contributed by atoms with E-state index >= 15 is 0 Å². The van der Waals surface area contributed by atoms with Gasteiger partial charge in [0.1, 0.15) is 11.5 Å². The molecule has 0 bridgehead atoms. The first-order chi connectivity index (χ1) is 16.1. The van der Waals surface area contributed by atoms with Crippen molar-refractivity contribution >= 4 is 11.9 Å². The van der Waals surface area contributed by atoms with Crippen LogP contribution in [-0.2, 0) is 9.53 Å². The topological polar surface area (TPSA) is 61.8 Å². The molecule has 1 fully saturated rings. The summed E-state index contributed by atoms with van der Waals surface area (Å²) in [6, 6.07) is 14.8. The summed E-state index contributed by atoms with van der Waals surface area (Å²) in [5, 5.41) is 0. The lowest BCUT2D eigenvalue weighted by molar-refractivity contribution is -0.137.